The Morgan fingerprint density at radius 1 is 0.775 bits per heavy atom. The van der Waals surface area contributed by atoms with Crippen LogP contribution in [0.25, 0.3) is 0 Å². The monoisotopic (exact) mass is 598 g/mol. The highest BCUT2D eigenvalue weighted by Gasteiger charge is 2.66. The molecule has 0 aliphatic carbocycles. The van der Waals surface area contributed by atoms with Gasteiger partial charge >= 0.3 is 0 Å². The summed E-state index contributed by atoms with van der Waals surface area (Å²) in [7, 11) is -3.80. The van der Waals surface area contributed by atoms with Gasteiger partial charge in [-0.1, -0.05) is 60.6 Å². The van der Waals surface area contributed by atoms with Crippen molar-refractivity contribution in [2.24, 2.45) is 5.92 Å². The fraction of sp³-hybridized carbons (Fsp3) is 0.871. The SMILES string of the molecule is C=C[C@H](C)[C@@]12CO[C@@H]([C@H](C)O1)[C@@H]2O[Si](C)(C)C(C)(C)C.C=C[C@H](O)[C@@]12CO[C@@H]([C@H](C)O1)[C@@H]2O[Si](C)(C)C(C)(C)C. The standard InChI is InChI=1S/C16H30O3Si.C15H28O4Si/c1-9-11(2)16-10-17-13(12(3)18-16)14(16)19-20(7,8)15(4,5)6;1-8-11(16)15-9-17-12(10(2)18-15)13(15)19-20(6,7)14(3,4)5/h9,11-14H,1,10H2,2-8H3;8,10-13,16H,1,9H2,2-7H3/t11-,12-,13-,14-,16+;10-,11-,12-,13-,15+/m00/s1. The zero-order valence-corrected chi connectivity index (χ0v) is 29.5. The second kappa shape index (κ2) is 11.3. The van der Waals surface area contributed by atoms with Crippen molar-refractivity contribution in [3.63, 3.8) is 0 Å². The maximum Gasteiger partial charge on any atom is 0.192 e. The van der Waals surface area contributed by atoms with Crippen LogP contribution in [0.1, 0.15) is 62.3 Å². The lowest BCUT2D eigenvalue weighted by Crippen LogP contribution is -2.56. The molecule has 40 heavy (non-hydrogen) atoms. The van der Waals surface area contributed by atoms with Gasteiger partial charge in [0.05, 0.1) is 25.4 Å². The minimum Gasteiger partial charge on any atom is -0.408 e. The molecule has 7 nitrogen and oxygen atoms in total. The number of hydrogen-bond donors (Lipinski definition) is 1. The fourth-order valence-electron chi connectivity index (χ4n) is 5.68. The summed E-state index contributed by atoms with van der Waals surface area (Å²) in [5.41, 5.74) is -1.14. The minimum atomic E-state index is -1.95. The molecule has 0 aromatic heterocycles. The Morgan fingerprint density at radius 3 is 1.50 bits per heavy atom. The van der Waals surface area contributed by atoms with E-state index in [0.717, 1.165) is 0 Å². The van der Waals surface area contributed by atoms with E-state index in [0.29, 0.717) is 13.2 Å². The van der Waals surface area contributed by atoms with Gasteiger partial charge in [-0.05, 0) is 50.1 Å². The van der Waals surface area contributed by atoms with Crippen LogP contribution in [0, 0.1) is 5.92 Å². The summed E-state index contributed by atoms with van der Waals surface area (Å²) >= 11 is 0. The largest absolute Gasteiger partial charge is 0.408 e. The van der Waals surface area contributed by atoms with Gasteiger partial charge in [-0.25, -0.2) is 0 Å². The Morgan fingerprint density at radius 2 is 1.15 bits per heavy atom. The number of hydrogen-bond acceptors (Lipinski definition) is 7. The summed E-state index contributed by atoms with van der Waals surface area (Å²) in [4.78, 5) is 0. The lowest BCUT2D eigenvalue weighted by molar-refractivity contribution is -0.171. The second-order valence-electron chi connectivity index (χ2n) is 15.4. The van der Waals surface area contributed by atoms with Crippen LogP contribution in [-0.4, -0.2) is 88.9 Å². The fourth-order valence-corrected chi connectivity index (χ4v) is 8.33. The van der Waals surface area contributed by atoms with Crippen LogP contribution in [-0.2, 0) is 27.8 Å². The smallest absolute Gasteiger partial charge is 0.192 e. The quantitative estimate of drug-likeness (QED) is 0.262. The molecular formula is C31H58O7Si2. The molecule has 9 heteroatoms. The van der Waals surface area contributed by atoms with Crippen molar-refractivity contribution in [2.75, 3.05) is 13.2 Å². The maximum absolute atomic E-state index is 10.3. The molecule has 4 saturated heterocycles. The molecule has 0 amide bonds. The molecule has 0 radical (unpaired) electrons. The third-order valence-corrected chi connectivity index (χ3v) is 19.5. The van der Waals surface area contributed by atoms with E-state index in [2.05, 4.69) is 94.7 Å². The minimum absolute atomic E-state index is 0.0337. The van der Waals surface area contributed by atoms with Gasteiger partial charge < -0.3 is 32.9 Å². The van der Waals surface area contributed by atoms with Gasteiger partial charge in [0.1, 0.15) is 41.7 Å². The van der Waals surface area contributed by atoms with Crippen LogP contribution in [0.5, 0.6) is 0 Å². The van der Waals surface area contributed by atoms with Crippen LogP contribution < -0.4 is 0 Å². The van der Waals surface area contributed by atoms with E-state index in [1.807, 2.05) is 13.0 Å². The second-order valence-corrected chi connectivity index (χ2v) is 24.9. The molecular weight excluding hydrogens is 541 g/mol. The summed E-state index contributed by atoms with van der Waals surface area (Å²) in [6.07, 6.45) is 2.53. The lowest BCUT2D eigenvalue weighted by atomic mass is 9.86. The van der Waals surface area contributed by atoms with Crippen molar-refractivity contribution >= 4 is 16.6 Å². The molecule has 4 bridgehead atoms. The highest BCUT2D eigenvalue weighted by Crippen LogP contribution is 2.50. The highest BCUT2D eigenvalue weighted by atomic mass is 28.4. The first-order chi connectivity index (χ1) is 18.1. The Kier molecular flexibility index (Phi) is 9.63. The summed E-state index contributed by atoms with van der Waals surface area (Å²) in [5, 5.41) is 10.6. The van der Waals surface area contributed by atoms with E-state index in [1.54, 1.807) is 0 Å². The van der Waals surface area contributed by atoms with Crippen LogP contribution in [0.4, 0.5) is 0 Å². The first-order valence-electron chi connectivity index (χ1n) is 15.0. The van der Waals surface area contributed by atoms with Gasteiger partial charge in [0.25, 0.3) is 0 Å². The average Bonchev–Trinajstić information content (AvgIpc) is 3.51. The van der Waals surface area contributed by atoms with Crippen molar-refractivity contribution in [2.45, 2.75) is 153 Å². The van der Waals surface area contributed by atoms with Crippen LogP contribution in [0.3, 0.4) is 0 Å². The highest BCUT2D eigenvalue weighted by molar-refractivity contribution is 6.74. The molecule has 4 fully saturated rings. The van der Waals surface area contributed by atoms with Crippen molar-refractivity contribution in [3.8, 4) is 0 Å². The average molecular weight is 599 g/mol. The van der Waals surface area contributed by atoms with Gasteiger partial charge in [0.15, 0.2) is 16.6 Å². The van der Waals surface area contributed by atoms with Crippen LogP contribution in [0.15, 0.2) is 25.3 Å². The van der Waals surface area contributed by atoms with Crippen molar-refractivity contribution in [3.05, 3.63) is 25.3 Å². The number of fused-ring (bicyclic) bond motifs is 4. The van der Waals surface area contributed by atoms with E-state index in [-0.39, 0.29) is 58.2 Å². The van der Waals surface area contributed by atoms with Crippen molar-refractivity contribution < 1.29 is 32.9 Å². The molecule has 4 heterocycles. The summed E-state index contributed by atoms with van der Waals surface area (Å²) in [6.45, 7) is 37.3. The number of aliphatic hydroxyl groups is 1. The third kappa shape index (κ3) is 5.76. The molecule has 10 atom stereocenters. The number of aliphatic hydroxyl groups excluding tert-OH is 1. The lowest BCUT2D eigenvalue weighted by Gasteiger charge is -2.42. The molecule has 1 N–H and O–H groups in total. The van der Waals surface area contributed by atoms with E-state index >= 15 is 0 Å². The summed E-state index contributed by atoms with van der Waals surface area (Å²) in [6, 6.07) is 0. The normalized spacial score (nSPS) is 39.0. The molecule has 4 aliphatic heterocycles. The van der Waals surface area contributed by atoms with Crippen molar-refractivity contribution in [1.82, 2.24) is 0 Å². The molecule has 0 aromatic carbocycles. The topological polar surface area (TPSA) is 75.6 Å². The Balaban J connectivity index is 0.000000220. The van der Waals surface area contributed by atoms with Gasteiger partial charge in [0, 0.05) is 5.92 Å². The van der Waals surface area contributed by atoms with Gasteiger partial charge in [0.2, 0.25) is 0 Å². The summed E-state index contributed by atoms with van der Waals surface area (Å²) in [5.74, 6) is 0.229. The van der Waals surface area contributed by atoms with E-state index in [4.69, 9.17) is 27.8 Å². The zero-order chi connectivity index (χ0) is 30.7. The zero-order valence-electron chi connectivity index (χ0n) is 27.5. The molecule has 0 saturated carbocycles. The Labute approximate surface area is 246 Å². The van der Waals surface area contributed by atoms with Crippen molar-refractivity contribution in [1.29, 1.82) is 0 Å². The predicted molar refractivity (Wildman–Crippen MR) is 166 cm³/mol. The molecule has 4 aliphatic rings. The molecule has 0 aromatic rings. The molecule has 0 unspecified atom stereocenters. The van der Waals surface area contributed by atoms with E-state index in [9.17, 15) is 5.11 Å². The van der Waals surface area contributed by atoms with E-state index in [1.165, 1.54) is 6.08 Å². The van der Waals surface area contributed by atoms with Gasteiger partial charge in [-0.15, -0.1) is 13.2 Å². The molecule has 0 spiro atoms. The Bertz CT molecular complexity index is 852. The van der Waals surface area contributed by atoms with Crippen LogP contribution >= 0.6 is 0 Å². The summed E-state index contributed by atoms with van der Waals surface area (Å²) < 4.78 is 37.3. The number of ether oxygens (including phenoxy) is 4. The third-order valence-electron chi connectivity index (χ3n) is 10.6. The molecule has 4 rings (SSSR count). The predicted octanol–water partition coefficient (Wildman–Crippen LogP) is 6.24. The first kappa shape index (κ1) is 34.1. The molecule has 232 valence electrons. The van der Waals surface area contributed by atoms with Gasteiger partial charge in [-0.2, -0.15) is 0 Å². The van der Waals surface area contributed by atoms with Crippen LogP contribution in [0.2, 0.25) is 36.3 Å². The van der Waals surface area contributed by atoms with Gasteiger partial charge in [-0.3, -0.25) is 0 Å². The number of rotatable bonds is 8. The first-order valence-corrected chi connectivity index (χ1v) is 20.8. The maximum atomic E-state index is 10.3. The Hall–Kier alpha value is -0.366. The van der Waals surface area contributed by atoms with E-state index < -0.39 is 28.3 Å².